The fourth-order valence-electron chi connectivity index (χ4n) is 4.61. The topological polar surface area (TPSA) is 41.6 Å². The van der Waals surface area contributed by atoms with E-state index in [1.165, 1.54) is 11.1 Å². The number of ether oxygens (including phenoxy) is 1. The monoisotopic (exact) mass is 412 g/mol. The molecule has 1 aromatic heterocycles. The maximum atomic E-state index is 12.6. The Bertz CT molecular complexity index is 810. The van der Waals surface area contributed by atoms with Crippen molar-refractivity contribution in [3.63, 3.8) is 0 Å². The average molecular weight is 413 g/mol. The molecule has 29 heavy (non-hydrogen) atoms. The summed E-state index contributed by atoms with van der Waals surface area (Å²) in [4.78, 5) is 15.1. The fraction of sp³-hybridized carbons (Fsp3) is 0.542. The number of fused-ring (bicyclic) bond motifs is 1. The Morgan fingerprint density at radius 2 is 2.07 bits per heavy atom. The van der Waals surface area contributed by atoms with E-state index in [9.17, 15) is 4.79 Å². The molecule has 1 atom stereocenters. The lowest BCUT2D eigenvalue weighted by molar-refractivity contribution is -0.122. The highest BCUT2D eigenvalue weighted by molar-refractivity contribution is 7.07. The Labute approximate surface area is 178 Å². The van der Waals surface area contributed by atoms with Gasteiger partial charge < -0.3 is 10.1 Å². The molecule has 1 saturated heterocycles. The van der Waals surface area contributed by atoms with Crippen molar-refractivity contribution in [2.75, 3.05) is 19.6 Å². The van der Waals surface area contributed by atoms with E-state index in [1.807, 2.05) is 6.07 Å². The van der Waals surface area contributed by atoms with E-state index >= 15 is 0 Å². The maximum absolute atomic E-state index is 12.6. The quantitative estimate of drug-likeness (QED) is 0.740. The van der Waals surface area contributed by atoms with E-state index in [0.717, 1.165) is 51.2 Å². The lowest BCUT2D eigenvalue weighted by Crippen LogP contribution is -2.50. The van der Waals surface area contributed by atoms with Crippen LogP contribution in [0.1, 0.15) is 56.6 Å². The zero-order valence-electron chi connectivity index (χ0n) is 17.5. The second-order valence-electron chi connectivity index (χ2n) is 9.03. The van der Waals surface area contributed by atoms with Gasteiger partial charge in [0.15, 0.2) is 0 Å². The van der Waals surface area contributed by atoms with Crippen LogP contribution in [0.5, 0.6) is 5.75 Å². The molecule has 2 aliphatic heterocycles. The van der Waals surface area contributed by atoms with E-state index in [1.54, 1.807) is 11.3 Å². The van der Waals surface area contributed by atoms with Crippen molar-refractivity contribution in [2.45, 2.75) is 57.6 Å². The Hall–Kier alpha value is -1.85. The molecule has 1 N–H and O–H groups in total. The molecule has 2 aliphatic rings. The molecule has 5 heteroatoms. The van der Waals surface area contributed by atoms with Crippen LogP contribution in [0.15, 0.2) is 41.1 Å². The van der Waals surface area contributed by atoms with Gasteiger partial charge in [-0.3, -0.25) is 9.69 Å². The largest absolute Gasteiger partial charge is 0.487 e. The number of rotatable bonds is 6. The van der Waals surface area contributed by atoms with Gasteiger partial charge in [0.2, 0.25) is 5.91 Å². The van der Waals surface area contributed by atoms with Crippen LogP contribution in [0.2, 0.25) is 0 Å². The summed E-state index contributed by atoms with van der Waals surface area (Å²) in [5.41, 5.74) is 2.46. The Balaban J connectivity index is 1.43. The van der Waals surface area contributed by atoms with Crippen molar-refractivity contribution >= 4 is 17.2 Å². The maximum Gasteiger partial charge on any atom is 0.220 e. The van der Waals surface area contributed by atoms with Gasteiger partial charge in [0, 0.05) is 38.5 Å². The molecule has 0 radical (unpaired) electrons. The Morgan fingerprint density at radius 1 is 1.28 bits per heavy atom. The molecule has 0 aliphatic carbocycles. The third kappa shape index (κ3) is 5.01. The minimum atomic E-state index is -0.136. The summed E-state index contributed by atoms with van der Waals surface area (Å²) in [5.74, 6) is 1.84. The highest BCUT2D eigenvalue weighted by Gasteiger charge is 2.43. The molecule has 1 unspecified atom stereocenters. The number of amides is 1. The molecular weight excluding hydrogens is 380 g/mol. The van der Waals surface area contributed by atoms with Gasteiger partial charge in [-0.25, -0.2) is 0 Å². The first-order chi connectivity index (χ1) is 14.0. The van der Waals surface area contributed by atoms with Gasteiger partial charge in [-0.15, -0.1) is 0 Å². The molecule has 156 valence electrons. The summed E-state index contributed by atoms with van der Waals surface area (Å²) in [5, 5.41) is 7.49. The van der Waals surface area contributed by atoms with E-state index in [4.69, 9.17) is 4.74 Å². The summed E-state index contributed by atoms with van der Waals surface area (Å²) < 4.78 is 6.60. The lowest BCUT2D eigenvalue weighted by Gasteiger charge is -2.47. The molecule has 3 heterocycles. The highest BCUT2D eigenvalue weighted by atomic mass is 32.1. The lowest BCUT2D eigenvalue weighted by atomic mass is 9.76. The average Bonchev–Trinajstić information content (AvgIpc) is 3.21. The second-order valence-corrected chi connectivity index (χ2v) is 9.81. The van der Waals surface area contributed by atoms with Crippen LogP contribution in [-0.4, -0.2) is 36.0 Å². The Morgan fingerprint density at radius 3 is 2.79 bits per heavy atom. The standard InChI is InChI=1S/C24H32N2O2S/c1-18(2)15-25-23(27)13-20-14-24(28-22-6-4-3-5-21(20)22)8-10-26(11-9-24)16-19-7-12-29-17-19/h3-7,12,17-18,20H,8-11,13-16H2,1-2H3,(H,25,27). The Kier molecular flexibility index (Phi) is 6.26. The zero-order valence-corrected chi connectivity index (χ0v) is 18.3. The molecule has 1 amide bonds. The highest BCUT2D eigenvalue weighted by Crippen LogP contribution is 2.46. The van der Waals surface area contributed by atoms with Crippen LogP contribution in [0.4, 0.5) is 0 Å². The zero-order chi connectivity index (χ0) is 20.3. The van der Waals surface area contributed by atoms with Gasteiger partial charge in [-0.2, -0.15) is 11.3 Å². The van der Waals surface area contributed by atoms with Crippen molar-refractivity contribution in [1.29, 1.82) is 0 Å². The molecule has 2 aromatic rings. The van der Waals surface area contributed by atoms with Crippen LogP contribution >= 0.6 is 11.3 Å². The number of hydrogen-bond donors (Lipinski definition) is 1. The van der Waals surface area contributed by atoms with Crippen LogP contribution in [0.25, 0.3) is 0 Å². The van der Waals surface area contributed by atoms with Gasteiger partial charge in [0.25, 0.3) is 0 Å². The number of thiophene rings is 1. The number of nitrogens with zero attached hydrogens (tertiary/aromatic N) is 1. The summed E-state index contributed by atoms with van der Waals surface area (Å²) in [7, 11) is 0. The van der Waals surface area contributed by atoms with E-state index in [-0.39, 0.29) is 17.4 Å². The molecule has 4 nitrogen and oxygen atoms in total. The van der Waals surface area contributed by atoms with Gasteiger partial charge in [0.05, 0.1) is 0 Å². The van der Waals surface area contributed by atoms with E-state index in [2.05, 4.69) is 59.1 Å². The van der Waals surface area contributed by atoms with Crippen LogP contribution in [0, 0.1) is 5.92 Å². The van der Waals surface area contributed by atoms with E-state index < -0.39 is 0 Å². The van der Waals surface area contributed by atoms with Crippen LogP contribution < -0.4 is 10.1 Å². The fourth-order valence-corrected chi connectivity index (χ4v) is 5.27. The third-order valence-corrected chi connectivity index (χ3v) is 6.93. The van der Waals surface area contributed by atoms with Crippen LogP contribution in [-0.2, 0) is 11.3 Å². The number of piperidine rings is 1. The molecule has 0 saturated carbocycles. The number of hydrogen-bond acceptors (Lipinski definition) is 4. The van der Waals surface area contributed by atoms with Crippen LogP contribution in [0.3, 0.4) is 0 Å². The van der Waals surface area contributed by atoms with Gasteiger partial charge in [-0.05, 0) is 59.2 Å². The number of carbonyl (C=O) groups is 1. The summed E-state index contributed by atoms with van der Waals surface area (Å²) in [6.07, 6.45) is 3.53. The normalized spacial score (nSPS) is 21.0. The van der Waals surface area contributed by atoms with Crippen molar-refractivity contribution in [3.05, 3.63) is 52.2 Å². The SMILES string of the molecule is CC(C)CNC(=O)CC1CC2(CCN(Cc3ccsc3)CC2)Oc2ccccc21. The van der Waals surface area contributed by atoms with Gasteiger partial charge >= 0.3 is 0 Å². The van der Waals surface area contributed by atoms with Crippen molar-refractivity contribution in [3.8, 4) is 5.75 Å². The predicted molar refractivity (Wildman–Crippen MR) is 118 cm³/mol. The number of para-hydroxylation sites is 1. The van der Waals surface area contributed by atoms with Crippen molar-refractivity contribution in [2.24, 2.45) is 5.92 Å². The second kappa shape index (κ2) is 8.88. The molecular formula is C24H32N2O2S. The first-order valence-electron chi connectivity index (χ1n) is 10.8. The molecule has 1 fully saturated rings. The summed E-state index contributed by atoms with van der Waals surface area (Å²) >= 11 is 1.76. The first kappa shape index (κ1) is 20.4. The number of likely N-dealkylation sites (tertiary alicyclic amines) is 1. The minimum Gasteiger partial charge on any atom is -0.487 e. The number of benzene rings is 1. The molecule has 1 spiro atoms. The predicted octanol–water partition coefficient (Wildman–Crippen LogP) is 4.81. The molecule has 1 aromatic carbocycles. The molecule has 0 bridgehead atoms. The van der Waals surface area contributed by atoms with Gasteiger partial charge in [-0.1, -0.05) is 32.0 Å². The van der Waals surface area contributed by atoms with E-state index in [0.29, 0.717) is 12.3 Å². The summed E-state index contributed by atoms with van der Waals surface area (Å²) in [6, 6.07) is 10.5. The third-order valence-electron chi connectivity index (χ3n) is 6.20. The first-order valence-corrected chi connectivity index (χ1v) is 11.8. The van der Waals surface area contributed by atoms with Gasteiger partial charge in [0.1, 0.15) is 11.4 Å². The smallest absolute Gasteiger partial charge is 0.220 e. The minimum absolute atomic E-state index is 0.136. The number of carbonyl (C=O) groups excluding carboxylic acids is 1. The van der Waals surface area contributed by atoms with Crippen molar-refractivity contribution in [1.82, 2.24) is 10.2 Å². The van der Waals surface area contributed by atoms with Crippen molar-refractivity contribution < 1.29 is 9.53 Å². The molecule has 4 rings (SSSR count). The number of nitrogens with one attached hydrogen (secondary N) is 1. The summed E-state index contributed by atoms with van der Waals surface area (Å²) in [6.45, 7) is 8.12.